The maximum absolute atomic E-state index is 9.47. The molecule has 1 rings (SSSR count). The van der Waals surface area contributed by atoms with Crippen LogP contribution in [0.1, 0.15) is 25.7 Å². The Kier molecular flexibility index (Phi) is 3.46. The molecular weight excluding hydrogens is 156 g/mol. The van der Waals surface area contributed by atoms with Crippen LogP contribution in [0.3, 0.4) is 0 Å². The number of rotatable bonds is 0. The molecule has 0 heterocycles. The maximum Gasteiger partial charge on any atom is 0.0964 e. The Morgan fingerprint density at radius 3 is 1.50 bits per heavy atom. The second kappa shape index (κ2) is 4.18. The van der Waals surface area contributed by atoms with Crippen LogP contribution in [-0.4, -0.2) is 34.5 Å². The zero-order chi connectivity index (χ0) is 9.14. The molecule has 0 spiro atoms. The molecule has 4 heteroatoms. The molecular formula is C8H18N2O2. The second-order valence-corrected chi connectivity index (χ2v) is 3.59. The molecule has 6 N–H and O–H groups in total. The van der Waals surface area contributed by atoms with Crippen molar-refractivity contribution < 1.29 is 10.2 Å². The van der Waals surface area contributed by atoms with Gasteiger partial charge in [0.25, 0.3) is 0 Å². The van der Waals surface area contributed by atoms with Crippen molar-refractivity contribution in [2.45, 2.75) is 50.0 Å². The highest BCUT2D eigenvalue weighted by atomic mass is 16.3. The molecule has 0 bridgehead atoms. The topological polar surface area (TPSA) is 92.5 Å². The van der Waals surface area contributed by atoms with Crippen molar-refractivity contribution in [3.63, 3.8) is 0 Å². The van der Waals surface area contributed by atoms with Gasteiger partial charge in [-0.25, -0.2) is 0 Å². The molecule has 0 aliphatic heterocycles. The van der Waals surface area contributed by atoms with Crippen LogP contribution < -0.4 is 11.5 Å². The van der Waals surface area contributed by atoms with E-state index in [9.17, 15) is 10.2 Å². The molecule has 0 aromatic heterocycles. The zero-order valence-electron chi connectivity index (χ0n) is 7.19. The van der Waals surface area contributed by atoms with Gasteiger partial charge in [0.1, 0.15) is 0 Å². The standard InChI is InChI=1S/C8H18N2O2/c9-5-3-1-2-4-6(10)8(12)7(5)11/h5-8,11-12H,1-4,9-10H2/t5-,6+,7-,8+. The van der Waals surface area contributed by atoms with Crippen LogP contribution in [-0.2, 0) is 0 Å². The summed E-state index contributed by atoms with van der Waals surface area (Å²) in [7, 11) is 0. The Bertz CT molecular complexity index is 127. The lowest BCUT2D eigenvalue weighted by Gasteiger charge is -2.30. The lowest BCUT2D eigenvalue weighted by molar-refractivity contribution is -0.0181. The van der Waals surface area contributed by atoms with E-state index in [1.807, 2.05) is 0 Å². The van der Waals surface area contributed by atoms with Crippen LogP contribution in [0.2, 0.25) is 0 Å². The highest BCUT2D eigenvalue weighted by molar-refractivity contribution is 4.87. The van der Waals surface area contributed by atoms with E-state index >= 15 is 0 Å². The van der Waals surface area contributed by atoms with E-state index in [0.29, 0.717) is 0 Å². The normalized spacial score (nSPS) is 45.0. The Balaban J connectivity index is 2.55. The first-order valence-electron chi connectivity index (χ1n) is 4.50. The average Bonchev–Trinajstić information content (AvgIpc) is 2.07. The van der Waals surface area contributed by atoms with Gasteiger partial charge in [0.05, 0.1) is 12.2 Å². The third-order valence-electron chi connectivity index (χ3n) is 2.55. The van der Waals surface area contributed by atoms with Gasteiger partial charge >= 0.3 is 0 Å². The highest BCUT2D eigenvalue weighted by Gasteiger charge is 2.29. The molecule has 1 aliphatic carbocycles. The van der Waals surface area contributed by atoms with Gasteiger partial charge in [-0.1, -0.05) is 12.8 Å². The second-order valence-electron chi connectivity index (χ2n) is 3.59. The summed E-state index contributed by atoms with van der Waals surface area (Å²) in [5, 5.41) is 18.9. The van der Waals surface area contributed by atoms with Gasteiger partial charge in [-0.2, -0.15) is 0 Å². The fourth-order valence-corrected chi connectivity index (χ4v) is 1.61. The Morgan fingerprint density at radius 2 is 1.17 bits per heavy atom. The van der Waals surface area contributed by atoms with Gasteiger partial charge in [0, 0.05) is 12.1 Å². The number of nitrogens with two attached hydrogens (primary N) is 2. The molecule has 0 radical (unpaired) electrons. The molecule has 4 nitrogen and oxygen atoms in total. The molecule has 0 aromatic carbocycles. The van der Waals surface area contributed by atoms with E-state index in [4.69, 9.17) is 11.5 Å². The minimum atomic E-state index is -0.861. The first kappa shape index (κ1) is 9.92. The predicted octanol–water partition coefficient (Wildman–Crippen LogP) is -1.06. The summed E-state index contributed by atoms with van der Waals surface area (Å²) in [6.45, 7) is 0. The zero-order valence-corrected chi connectivity index (χ0v) is 7.19. The fourth-order valence-electron chi connectivity index (χ4n) is 1.61. The summed E-state index contributed by atoms with van der Waals surface area (Å²) in [4.78, 5) is 0. The summed E-state index contributed by atoms with van der Waals surface area (Å²) in [6.07, 6.45) is 1.79. The summed E-state index contributed by atoms with van der Waals surface area (Å²) >= 11 is 0. The molecule has 1 aliphatic rings. The van der Waals surface area contributed by atoms with Crippen LogP contribution in [0.5, 0.6) is 0 Å². The van der Waals surface area contributed by atoms with E-state index < -0.39 is 12.2 Å². The van der Waals surface area contributed by atoms with Crippen molar-refractivity contribution in [3.8, 4) is 0 Å². The van der Waals surface area contributed by atoms with E-state index in [0.717, 1.165) is 25.7 Å². The molecule has 0 saturated heterocycles. The van der Waals surface area contributed by atoms with Gasteiger partial charge in [-0.15, -0.1) is 0 Å². The maximum atomic E-state index is 9.47. The molecule has 0 amide bonds. The minimum absolute atomic E-state index is 0.327. The Morgan fingerprint density at radius 1 is 0.833 bits per heavy atom. The number of aliphatic hydroxyl groups excluding tert-OH is 2. The molecule has 0 unspecified atom stereocenters. The van der Waals surface area contributed by atoms with Crippen molar-refractivity contribution in [1.82, 2.24) is 0 Å². The van der Waals surface area contributed by atoms with Crippen molar-refractivity contribution in [2.75, 3.05) is 0 Å². The average molecular weight is 174 g/mol. The van der Waals surface area contributed by atoms with E-state index in [1.54, 1.807) is 0 Å². The van der Waals surface area contributed by atoms with E-state index in [2.05, 4.69) is 0 Å². The van der Waals surface area contributed by atoms with Crippen LogP contribution in [0.4, 0.5) is 0 Å². The number of aliphatic hydroxyl groups is 2. The monoisotopic (exact) mass is 174 g/mol. The largest absolute Gasteiger partial charge is 0.389 e. The van der Waals surface area contributed by atoms with Crippen molar-refractivity contribution in [1.29, 1.82) is 0 Å². The molecule has 12 heavy (non-hydrogen) atoms. The van der Waals surface area contributed by atoms with Gasteiger partial charge in [0.15, 0.2) is 0 Å². The van der Waals surface area contributed by atoms with Crippen molar-refractivity contribution in [3.05, 3.63) is 0 Å². The SMILES string of the molecule is N[C@@H]1CCCC[C@H](N)[C@H](O)[C@@H]1O. The van der Waals surface area contributed by atoms with Gasteiger partial charge in [-0.05, 0) is 12.8 Å². The van der Waals surface area contributed by atoms with Crippen LogP contribution in [0, 0.1) is 0 Å². The molecule has 4 atom stereocenters. The summed E-state index contributed by atoms with van der Waals surface area (Å²) in [5.41, 5.74) is 11.3. The molecule has 1 saturated carbocycles. The van der Waals surface area contributed by atoms with Crippen LogP contribution in [0.15, 0.2) is 0 Å². The minimum Gasteiger partial charge on any atom is -0.389 e. The van der Waals surface area contributed by atoms with E-state index in [-0.39, 0.29) is 12.1 Å². The summed E-state index contributed by atoms with van der Waals surface area (Å²) in [5.74, 6) is 0. The van der Waals surface area contributed by atoms with Gasteiger partial charge < -0.3 is 21.7 Å². The third kappa shape index (κ3) is 2.17. The fraction of sp³-hybridized carbons (Fsp3) is 1.00. The summed E-state index contributed by atoms with van der Waals surface area (Å²) in [6, 6.07) is -0.655. The lowest BCUT2D eigenvalue weighted by Crippen LogP contribution is -2.52. The first-order valence-corrected chi connectivity index (χ1v) is 4.50. The lowest BCUT2D eigenvalue weighted by atomic mass is 9.90. The molecule has 72 valence electrons. The van der Waals surface area contributed by atoms with Crippen LogP contribution in [0.25, 0.3) is 0 Å². The molecule has 1 fully saturated rings. The highest BCUT2D eigenvalue weighted by Crippen LogP contribution is 2.16. The smallest absolute Gasteiger partial charge is 0.0964 e. The predicted molar refractivity (Wildman–Crippen MR) is 46.4 cm³/mol. The number of hydrogen-bond acceptors (Lipinski definition) is 4. The Hall–Kier alpha value is -0.160. The molecule has 0 aromatic rings. The van der Waals surface area contributed by atoms with Crippen molar-refractivity contribution >= 4 is 0 Å². The van der Waals surface area contributed by atoms with E-state index in [1.165, 1.54) is 0 Å². The van der Waals surface area contributed by atoms with Crippen molar-refractivity contribution in [2.24, 2.45) is 11.5 Å². The quantitative estimate of drug-likeness (QED) is 0.376. The van der Waals surface area contributed by atoms with Crippen LogP contribution >= 0.6 is 0 Å². The van der Waals surface area contributed by atoms with Gasteiger partial charge in [-0.3, -0.25) is 0 Å². The Labute approximate surface area is 72.6 Å². The first-order chi connectivity index (χ1) is 5.63. The number of hydrogen-bond donors (Lipinski definition) is 4. The third-order valence-corrected chi connectivity index (χ3v) is 2.55. The van der Waals surface area contributed by atoms with Gasteiger partial charge in [0.2, 0.25) is 0 Å². The summed E-state index contributed by atoms with van der Waals surface area (Å²) < 4.78 is 0.